The summed E-state index contributed by atoms with van der Waals surface area (Å²) in [6, 6.07) is 9.20. The third-order valence-corrected chi connectivity index (χ3v) is 3.62. The summed E-state index contributed by atoms with van der Waals surface area (Å²) in [4.78, 5) is 13.2. The number of rotatable bonds is 4. The Hall–Kier alpha value is -2.67. The van der Waals surface area contributed by atoms with Crippen LogP contribution in [0.1, 0.15) is 11.5 Å². The SMILES string of the molecule is CN1C(=O)/C(=C\c2ccc(COc3ccc(F)cc3)o2)NC1=S. The van der Waals surface area contributed by atoms with Crippen molar-refractivity contribution in [3.63, 3.8) is 0 Å². The van der Waals surface area contributed by atoms with Crippen molar-refractivity contribution in [1.29, 1.82) is 0 Å². The maximum absolute atomic E-state index is 12.8. The molecule has 0 atom stereocenters. The molecule has 2 aromatic rings. The Labute approximate surface area is 137 Å². The highest BCUT2D eigenvalue weighted by molar-refractivity contribution is 7.80. The van der Waals surface area contributed by atoms with Gasteiger partial charge in [-0.15, -0.1) is 0 Å². The lowest BCUT2D eigenvalue weighted by Gasteiger charge is -2.03. The first-order chi connectivity index (χ1) is 11.0. The summed E-state index contributed by atoms with van der Waals surface area (Å²) in [6.45, 7) is 0.203. The smallest absolute Gasteiger partial charge is 0.276 e. The van der Waals surface area contributed by atoms with E-state index in [1.165, 1.54) is 17.0 Å². The summed E-state index contributed by atoms with van der Waals surface area (Å²) < 4.78 is 23.9. The molecular formula is C16H13FN2O3S. The van der Waals surface area contributed by atoms with E-state index in [1.807, 2.05) is 0 Å². The summed E-state index contributed by atoms with van der Waals surface area (Å²) >= 11 is 5.00. The number of nitrogens with zero attached hydrogens (tertiary/aromatic N) is 1. The Morgan fingerprint density at radius 1 is 1.30 bits per heavy atom. The molecule has 0 aliphatic carbocycles. The fraction of sp³-hybridized carbons (Fsp3) is 0.125. The molecule has 23 heavy (non-hydrogen) atoms. The van der Waals surface area contributed by atoms with Crippen LogP contribution in [0.5, 0.6) is 5.75 Å². The zero-order valence-corrected chi connectivity index (χ0v) is 13.0. The van der Waals surface area contributed by atoms with Crippen LogP contribution in [0, 0.1) is 5.82 Å². The van der Waals surface area contributed by atoms with Gasteiger partial charge in [0.1, 0.15) is 35.4 Å². The minimum absolute atomic E-state index is 0.203. The summed E-state index contributed by atoms with van der Waals surface area (Å²) in [5.74, 6) is 1.11. The molecule has 0 unspecified atom stereocenters. The average molecular weight is 332 g/mol. The molecule has 2 heterocycles. The molecule has 0 spiro atoms. The van der Waals surface area contributed by atoms with Crippen LogP contribution in [0.15, 0.2) is 46.5 Å². The molecule has 118 valence electrons. The molecule has 5 nitrogen and oxygen atoms in total. The maximum Gasteiger partial charge on any atom is 0.276 e. The topological polar surface area (TPSA) is 54.7 Å². The van der Waals surface area contributed by atoms with Gasteiger partial charge in [0.15, 0.2) is 5.11 Å². The summed E-state index contributed by atoms with van der Waals surface area (Å²) in [5, 5.41) is 3.17. The van der Waals surface area contributed by atoms with Crippen LogP contribution in [-0.4, -0.2) is 23.0 Å². The second-order valence-corrected chi connectivity index (χ2v) is 5.29. The summed E-state index contributed by atoms with van der Waals surface area (Å²) in [5.41, 5.74) is 0.359. The van der Waals surface area contributed by atoms with Gasteiger partial charge in [0.2, 0.25) is 0 Å². The van der Waals surface area contributed by atoms with Gasteiger partial charge in [-0.2, -0.15) is 0 Å². The van der Waals surface area contributed by atoms with E-state index in [4.69, 9.17) is 21.4 Å². The second-order valence-electron chi connectivity index (χ2n) is 4.90. The van der Waals surface area contributed by atoms with Gasteiger partial charge >= 0.3 is 0 Å². The van der Waals surface area contributed by atoms with E-state index in [0.717, 1.165) is 0 Å². The van der Waals surface area contributed by atoms with Crippen LogP contribution in [0.3, 0.4) is 0 Å². The third-order valence-electron chi connectivity index (χ3n) is 3.25. The second kappa shape index (κ2) is 6.21. The number of ether oxygens (including phenoxy) is 1. The van der Waals surface area contributed by atoms with Gasteiger partial charge in [-0.1, -0.05) is 0 Å². The number of nitrogens with one attached hydrogen (secondary N) is 1. The van der Waals surface area contributed by atoms with Crippen LogP contribution >= 0.6 is 12.2 Å². The van der Waals surface area contributed by atoms with Crippen molar-refractivity contribution >= 4 is 29.3 Å². The number of hydrogen-bond acceptors (Lipinski definition) is 4. The largest absolute Gasteiger partial charge is 0.486 e. The number of carbonyl (C=O) groups excluding carboxylic acids is 1. The quantitative estimate of drug-likeness (QED) is 0.689. The third kappa shape index (κ3) is 3.40. The highest BCUT2D eigenvalue weighted by Crippen LogP contribution is 2.18. The molecule has 1 aromatic carbocycles. The molecule has 1 aromatic heterocycles. The lowest BCUT2D eigenvalue weighted by Crippen LogP contribution is -2.25. The van der Waals surface area contributed by atoms with Crippen molar-refractivity contribution in [2.45, 2.75) is 6.61 Å². The number of likely N-dealkylation sites (N-methyl/N-ethyl adjacent to an activating group) is 1. The molecule has 1 fully saturated rings. The molecule has 1 aliphatic heterocycles. The monoisotopic (exact) mass is 332 g/mol. The molecule has 3 rings (SSSR count). The van der Waals surface area contributed by atoms with E-state index in [9.17, 15) is 9.18 Å². The lowest BCUT2D eigenvalue weighted by atomic mass is 10.3. The van der Waals surface area contributed by atoms with Crippen molar-refractivity contribution in [3.8, 4) is 5.75 Å². The van der Waals surface area contributed by atoms with Crippen molar-refractivity contribution < 1.29 is 18.3 Å². The van der Waals surface area contributed by atoms with Crippen molar-refractivity contribution in [2.75, 3.05) is 7.05 Å². The Morgan fingerprint density at radius 2 is 2.04 bits per heavy atom. The normalized spacial score (nSPS) is 16.1. The maximum atomic E-state index is 12.8. The highest BCUT2D eigenvalue weighted by atomic mass is 32.1. The van der Waals surface area contributed by atoms with E-state index in [0.29, 0.717) is 28.1 Å². The Balaban J connectivity index is 1.65. The minimum atomic E-state index is -0.319. The molecule has 0 bridgehead atoms. The van der Waals surface area contributed by atoms with Crippen molar-refractivity contribution in [3.05, 3.63) is 59.4 Å². The Kier molecular flexibility index (Phi) is 4.12. The predicted molar refractivity (Wildman–Crippen MR) is 85.9 cm³/mol. The lowest BCUT2D eigenvalue weighted by molar-refractivity contribution is -0.121. The van der Waals surface area contributed by atoms with Gasteiger partial charge in [0.25, 0.3) is 5.91 Å². The first kappa shape index (κ1) is 15.2. The van der Waals surface area contributed by atoms with Crippen LogP contribution in [-0.2, 0) is 11.4 Å². The average Bonchev–Trinajstić information content (AvgIpc) is 3.08. The predicted octanol–water partition coefficient (Wildman–Crippen LogP) is 2.69. The van der Waals surface area contributed by atoms with Crippen LogP contribution < -0.4 is 10.1 Å². The summed E-state index contributed by atoms with van der Waals surface area (Å²) in [7, 11) is 1.60. The van der Waals surface area contributed by atoms with E-state index < -0.39 is 0 Å². The van der Waals surface area contributed by atoms with Gasteiger partial charge in [0, 0.05) is 13.1 Å². The van der Waals surface area contributed by atoms with Gasteiger partial charge in [-0.25, -0.2) is 4.39 Å². The number of thiocarbonyl (C=S) groups is 1. The molecular weight excluding hydrogens is 319 g/mol. The standard InChI is InChI=1S/C16H13FN2O3S/c1-19-15(20)14(18-16(19)23)8-12-6-7-13(22-12)9-21-11-4-2-10(17)3-5-11/h2-8H,9H2,1H3,(H,18,23)/b14-8+. The summed E-state index contributed by atoms with van der Waals surface area (Å²) in [6.07, 6.45) is 1.58. The van der Waals surface area contributed by atoms with Crippen molar-refractivity contribution in [2.24, 2.45) is 0 Å². The van der Waals surface area contributed by atoms with E-state index in [2.05, 4.69) is 5.32 Å². The van der Waals surface area contributed by atoms with Crippen LogP contribution in [0.2, 0.25) is 0 Å². The van der Waals surface area contributed by atoms with E-state index in [1.54, 1.807) is 37.4 Å². The molecule has 1 N–H and O–H groups in total. The molecule has 0 radical (unpaired) electrons. The zero-order valence-electron chi connectivity index (χ0n) is 12.2. The number of carbonyl (C=O) groups is 1. The van der Waals surface area contributed by atoms with E-state index >= 15 is 0 Å². The fourth-order valence-corrected chi connectivity index (χ4v) is 2.19. The number of halogens is 1. The van der Waals surface area contributed by atoms with Crippen molar-refractivity contribution in [1.82, 2.24) is 10.2 Å². The number of hydrogen-bond donors (Lipinski definition) is 1. The van der Waals surface area contributed by atoms with E-state index in [-0.39, 0.29) is 18.3 Å². The van der Waals surface area contributed by atoms with Gasteiger partial charge in [0.05, 0.1) is 0 Å². The Bertz CT molecular complexity index is 783. The number of benzene rings is 1. The molecule has 7 heteroatoms. The fourth-order valence-electron chi connectivity index (χ4n) is 2.00. The molecule has 1 amide bonds. The molecule has 1 saturated heterocycles. The Morgan fingerprint density at radius 3 is 2.70 bits per heavy atom. The van der Waals surface area contributed by atoms with Gasteiger partial charge < -0.3 is 14.5 Å². The first-order valence-corrected chi connectivity index (χ1v) is 7.21. The molecule has 0 saturated carbocycles. The highest BCUT2D eigenvalue weighted by Gasteiger charge is 2.27. The zero-order chi connectivity index (χ0) is 16.4. The van der Waals surface area contributed by atoms with Crippen LogP contribution in [0.4, 0.5) is 4.39 Å². The number of amides is 1. The molecule has 1 aliphatic rings. The van der Waals surface area contributed by atoms with Crippen LogP contribution in [0.25, 0.3) is 6.08 Å². The number of furan rings is 1. The minimum Gasteiger partial charge on any atom is -0.486 e. The van der Waals surface area contributed by atoms with Gasteiger partial charge in [-0.05, 0) is 48.6 Å². The first-order valence-electron chi connectivity index (χ1n) is 6.81. The van der Waals surface area contributed by atoms with Gasteiger partial charge in [-0.3, -0.25) is 9.69 Å².